The maximum absolute atomic E-state index is 12.5. The molecule has 0 saturated carbocycles. The van der Waals surface area contributed by atoms with Crippen molar-refractivity contribution in [3.05, 3.63) is 59.7 Å². The number of sulfonamides is 1. The van der Waals surface area contributed by atoms with Crippen molar-refractivity contribution < 1.29 is 13.2 Å². The highest BCUT2D eigenvalue weighted by Gasteiger charge is 2.25. The van der Waals surface area contributed by atoms with Gasteiger partial charge in [0, 0.05) is 25.2 Å². The Balaban J connectivity index is 1.70. The third-order valence-electron chi connectivity index (χ3n) is 4.41. The molecule has 0 aromatic heterocycles. The quantitative estimate of drug-likeness (QED) is 0.863. The third-order valence-corrected chi connectivity index (χ3v) is 5.87. The standard InChI is InChI=1S/C19H22N2O3S/c1-2-19(22)21-13-11-16-14-17(8-9-18(16)21)25(23,24)20-12-10-15-6-4-3-5-7-15/h3-9,14,20H,2,10-13H2,1H3. The lowest BCUT2D eigenvalue weighted by Crippen LogP contribution is -2.28. The van der Waals surface area contributed by atoms with Gasteiger partial charge >= 0.3 is 0 Å². The van der Waals surface area contributed by atoms with Gasteiger partial charge in [-0.15, -0.1) is 0 Å². The molecule has 25 heavy (non-hydrogen) atoms. The summed E-state index contributed by atoms with van der Waals surface area (Å²) in [7, 11) is -3.55. The van der Waals surface area contributed by atoms with Crippen molar-refractivity contribution in [2.75, 3.05) is 18.0 Å². The predicted octanol–water partition coefficient (Wildman–Crippen LogP) is 2.51. The van der Waals surface area contributed by atoms with Gasteiger partial charge in [-0.05, 0) is 42.2 Å². The largest absolute Gasteiger partial charge is 0.312 e. The molecular weight excluding hydrogens is 336 g/mol. The van der Waals surface area contributed by atoms with E-state index in [9.17, 15) is 13.2 Å². The van der Waals surface area contributed by atoms with E-state index in [-0.39, 0.29) is 10.8 Å². The molecule has 0 atom stereocenters. The maximum Gasteiger partial charge on any atom is 0.240 e. The van der Waals surface area contributed by atoms with Crippen LogP contribution in [0.25, 0.3) is 0 Å². The van der Waals surface area contributed by atoms with Crippen LogP contribution in [0.4, 0.5) is 5.69 Å². The Hall–Kier alpha value is -2.18. The normalized spacial score (nSPS) is 13.7. The molecule has 3 rings (SSSR count). The Morgan fingerprint density at radius 3 is 2.64 bits per heavy atom. The highest BCUT2D eigenvalue weighted by molar-refractivity contribution is 7.89. The van der Waals surface area contributed by atoms with E-state index in [0.717, 1.165) is 16.8 Å². The van der Waals surface area contributed by atoms with Gasteiger partial charge in [-0.3, -0.25) is 4.79 Å². The zero-order valence-corrected chi connectivity index (χ0v) is 15.1. The van der Waals surface area contributed by atoms with Crippen LogP contribution in [0, 0.1) is 0 Å². The average molecular weight is 358 g/mol. The smallest absolute Gasteiger partial charge is 0.240 e. The average Bonchev–Trinajstić information content (AvgIpc) is 3.05. The van der Waals surface area contributed by atoms with Gasteiger partial charge in [0.2, 0.25) is 15.9 Å². The van der Waals surface area contributed by atoms with Crippen LogP contribution in [0.15, 0.2) is 53.4 Å². The van der Waals surface area contributed by atoms with Gasteiger partial charge in [0.05, 0.1) is 4.90 Å². The van der Waals surface area contributed by atoms with Crippen molar-refractivity contribution in [2.45, 2.75) is 31.1 Å². The van der Waals surface area contributed by atoms with Gasteiger partial charge < -0.3 is 4.90 Å². The Bertz CT molecular complexity index is 863. The van der Waals surface area contributed by atoms with E-state index in [2.05, 4.69) is 4.72 Å². The molecule has 6 heteroatoms. The Morgan fingerprint density at radius 2 is 1.92 bits per heavy atom. The van der Waals surface area contributed by atoms with Gasteiger partial charge in [0.25, 0.3) is 0 Å². The molecule has 1 heterocycles. The number of amides is 1. The first kappa shape index (κ1) is 17.6. The lowest BCUT2D eigenvalue weighted by atomic mass is 10.2. The van der Waals surface area contributed by atoms with E-state index in [1.165, 1.54) is 0 Å². The summed E-state index contributed by atoms with van der Waals surface area (Å²) in [5, 5.41) is 0. The SMILES string of the molecule is CCC(=O)N1CCc2cc(S(=O)(=O)NCCc3ccccc3)ccc21. The van der Waals surface area contributed by atoms with Gasteiger partial charge in [-0.1, -0.05) is 37.3 Å². The molecule has 0 saturated heterocycles. The molecule has 2 aromatic carbocycles. The number of rotatable bonds is 6. The molecule has 1 aliphatic rings. The summed E-state index contributed by atoms with van der Waals surface area (Å²) in [4.78, 5) is 13.9. The third kappa shape index (κ3) is 3.91. The fraction of sp³-hybridized carbons (Fsp3) is 0.316. The Labute approximate surface area is 148 Å². The second kappa shape index (κ2) is 7.37. The topological polar surface area (TPSA) is 66.5 Å². The first-order chi connectivity index (χ1) is 12.0. The molecule has 1 amide bonds. The number of hydrogen-bond donors (Lipinski definition) is 1. The summed E-state index contributed by atoms with van der Waals surface area (Å²) in [6, 6.07) is 14.8. The number of benzene rings is 2. The monoisotopic (exact) mass is 358 g/mol. The number of carbonyl (C=O) groups is 1. The van der Waals surface area contributed by atoms with Crippen LogP contribution in [0.1, 0.15) is 24.5 Å². The van der Waals surface area contributed by atoms with Crippen molar-refractivity contribution in [3.63, 3.8) is 0 Å². The number of fused-ring (bicyclic) bond motifs is 1. The molecule has 5 nitrogen and oxygen atoms in total. The molecule has 0 spiro atoms. The first-order valence-electron chi connectivity index (χ1n) is 8.48. The van der Waals surface area contributed by atoms with Crippen LogP contribution in [0.2, 0.25) is 0 Å². The van der Waals surface area contributed by atoms with Crippen LogP contribution in [0.3, 0.4) is 0 Å². The fourth-order valence-corrected chi connectivity index (χ4v) is 4.14. The number of hydrogen-bond acceptors (Lipinski definition) is 3. The van der Waals surface area contributed by atoms with E-state index in [1.54, 1.807) is 23.1 Å². The number of carbonyl (C=O) groups excluding carboxylic acids is 1. The van der Waals surface area contributed by atoms with Gasteiger partial charge in [0.15, 0.2) is 0 Å². The summed E-state index contributed by atoms with van der Waals surface area (Å²) in [5.74, 6) is 0.0651. The van der Waals surface area contributed by atoms with Crippen molar-refractivity contribution in [2.24, 2.45) is 0 Å². The summed E-state index contributed by atoms with van der Waals surface area (Å²) in [6.07, 6.45) is 1.78. The van der Waals surface area contributed by atoms with Crippen LogP contribution < -0.4 is 9.62 Å². The van der Waals surface area contributed by atoms with E-state index >= 15 is 0 Å². The van der Waals surface area contributed by atoms with Gasteiger partial charge in [-0.25, -0.2) is 13.1 Å². The van der Waals surface area contributed by atoms with E-state index < -0.39 is 10.0 Å². The second-order valence-corrected chi connectivity index (χ2v) is 7.84. The fourth-order valence-electron chi connectivity index (χ4n) is 3.05. The minimum absolute atomic E-state index is 0.0651. The van der Waals surface area contributed by atoms with E-state index in [1.807, 2.05) is 37.3 Å². The highest BCUT2D eigenvalue weighted by atomic mass is 32.2. The van der Waals surface area contributed by atoms with Crippen molar-refractivity contribution >= 4 is 21.6 Å². The minimum atomic E-state index is -3.55. The molecular formula is C19H22N2O3S. The first-order valence-corrected chi connectivity index (χ1v) is 9.96. The van der Waals surface area contributed by atoms with Crippen molar-refractivity contribution in [3.8, 4) is 0 Å². The molecule has 2 aromatic rings. The number of nitrogens with one attached hydrogen (secondary N) is 1. The zero-order chi connectivity index (χ0) is 17.9. The summed E-state index contributed by atoms with van der Waals surface area (Å²) >= 11 is 0. The molecule has 132 valence electrons. The molecule has 0 unspecified atom stereocenters. The second-order valence-electron chi connectivity index (χ2n) is 6.07. The molecule has 0 radical (unpaired) electrons. The summed E-state index contributed by atoms with van der Waals surface area (Å²) in [5.41, 5.74) is 2.83. The van der Waals surface area contributed by atoms with Crippen LogP contribution in [-0.2, 0) is 27.7 Å². The van der Waals surface area contributed by atoms with Crippen LogP contribution in [-0.4, -0.2) is 27.4 Å². The summed E-state index contributed by atoms with van der Waals surface area (Å²) < 4.78 is 27.7. The molecule has 1 aliphatic heterocycles. The molecule has 1 N–H and O–H groups in total. The predicted molar refractivity (Wildman–Crippen MR) is 98.1 cm³/mol. The van der Waals surface area contributed by atoms with Crippen molar-refractivity contribution in [1.82, 2.24) is 4.72 Å². The highest BCUT2D eigenvalue weighted by Crippen LogP contribution is 2.30. The molecule has 0 fully saturated rings. The molecule has 0 aliphatic carbocycles. The maximum atomic E-state index is 12.5. The Morgan fingerprint density at radius 1 is 1.16 bits per heavy atom. The lowest BCUT2D eigenvalue weighted by Gasteiger charge is -2.16. The lowest BCUT2D eigenvalue weighted by molar-refractivity contribution is -0.118. The zero-order valence-electron chi connectivity index (χ0n) is 14.2. The van der Waals surface area contributed by atoms with E-state index in [0.29, 0.717) is 32.4 Å². The summed E-state index contributed by atoms with van der Waals surface area (Å²) in [6.45, 7) is 2.80. The minimum Gasteiger partial charge on any atom is -0.312 e. The Kier molecular flexibility index (Phi) is 5.20. The number of nitrogens with zero attached hydrogens (tertiary/aromatic N) is 1. The molecule has 0 bridgehead atoms. The van der Waals surface area contributed by atoms with Crippen LogP contribution >= 0.6 is 0 Å². The number of anilines is 1. The van der Waals surface area contributed by atoms with E-state index in [4.69, 9.17) is 0 Å². The van der Waals surface area contributed by atoms with Gasteiger partial charge in [-0.2, -0.15) is 0 Å². The van der Waals surface area contributed by atoms with Crippen molar-refractivity contribution in [1.29, 1.82) is 0 Å². The van der Waals surface area contributed by atoms with Crippen LogP contribution in [0.5, 0.6) is 0 Å². The van der Waals surface area contributed by atoms with Gasteiger partial charge in [0.1, 0.15) is 0 Å².